The van der Waals surface area contributed by atoms with Crippen molar-refractivity contribution < 1.29 is 0 Å². The summed E-state index contributed by atoms with van der Waals surface area (Å²) < 4.78 is 2.10. The average molecular weight is 216 g/mol. The lowest BCUT2D eigenvalue weighted by molar-refractivity contribution is 1.75. The van der Waals surface area contributed by atoms with E-state index in [4.69, 9.17) is 17.3 Å². The van der Waals surface area contributed by atoms with Crippen molar-refractivity contribution in [3.63, 3.8) is 0 Å². The van der Waals surface area contributed by atoms with E-state index < -0.39 is 0 Å². The molecule has 0 spiro atoms. The van der Waals surface area contributed by atoms with Crippen molar-refractivity contribution >= 4 is 51.3 Å². The van der Waals surface area contributed by atoms with E-state index in [2.05, 4.69) is 12.6 Å². The molecule has 1 nitrogen and oxygen atoms in total. The third kappa shape index (κ3) is 1.28. The molecule has 4 heteroatoms. The Bertz CT molecular complexity index is 397. The van der Waals surface area contributed by atoms with Crippen LogP contribution in [0, 0.1) is 0 Å². The lowest BCUT2D eigenvalue weighted by atomic mass is 10.2. The molecule has 1 aromatic carbocycles. The van der Waals surface area contributed by atoms with Crippen molar-refractivity contribution in [2.45, 2.75) is 4.21 Å². The molecule has 62 valence electrons. The predicted molar refractivity (Wildman–Crippen MR) is 58.5 cm³/mol. The van der Waals surface area contributed by atoms with Crippen LogP contribution in [0.3, 0.4) is 0 Å². The van der Waals surface area contributed by atoms with Crippen LogP contribution < -0.4 is 5.73 Å². The molecule has 12 heavy (non-hydrogen) atoms. The summed E-state index contributed by atoms with van der Waals surface area (Å²) in [5, 5.41) is 1.71. The maximum absolute atomic E-state index is 5.85. The van der Waals surface area contributed by atoms with Crippen LogP contribution in [-0.2, 0) is 0 Å². The van der Waals surface area contributed by atoms with E-state index in [1.54, 1.807) is 11.3 Å². The van der Waals surface area contributed by atoms with Gasteiger partial charge in [-0.2, -0.15) is 0 Å². The standard InChI is InChI=1S/C8H6ClNS2/c9-5-3-7-4(1-6(5)10)2-8(11)12-7/h1-3,11H,10H2. The number of anilines is 1. The first-order chi connectivity index (χ1) is 5.66. The molecule has 2 rings (SSSR count). The molecular weight excluding hydrogens is 210 g/mol. The number of hydrogen-bond donors (Lipinski definition) is 2. The van der Waals surface area contributed by atoms with Crippen molar-refractivity contribution in [3.8, 4) is 0 Å². The smallest absolute Gasteiger partial charge is 0.0649 e. The van der Waals surface area contributed by atoms with Crippen LogP contribution in [0.4, 0.5) is 5.69 Å². The highest BCUT2D eigenvalue weighted by atomic mass is 35.5. The van der Waals surface area contributed by atoms with Crippen LogP contribution in [-0.4, -0.2) is 0 Å². The van der Waals surface area contributed by atoms with Gasteiger partial charge in [0.15, 0.2) is 0 Å². The van der Waals surface area contributed by atoms with Gasteiger partial charge in [-0.15, -0.1) is 24.0 Å². The monoisotopic (exact) mass is 215 g/mol. The fourth-order valence-electron chi connectivity index (χ4n) is 1.07. The quantitative estimate of drug-likeness (QED) is 0.511. The molecule has 1 heterocycles. The van der Waals surface area contributed by atoms with E-state index in [1.807, 2.05) is 18.2 Å². The Labute approximate surface area is 84.6 Å². The number of halogens is 1. The van der Waals surface area contributed by atoms with Gasteiger partial charge in [-0.05, 0) is 23.6 Å². The number of benzene rings is 1. The average Bonchev–Trinajstić information content (AvgIpc) is 2.30. The predicted octanol–water partition coefficient (Wildman–Crippen LogP) is 3.43. The highest BCUT2D eigenvalue weighted by Crippen LogP contribution is 2.33. The fourth-order valence-corrected chi connectivity index (χ4v) is 2.55. The summed E-state index contributed by atoms with van der Waals surface area (Å²) in [6.07, 6.45) is 0. The number of thiophene rings is 1. The normalized spacial score (nSPS) is 10.8. The van der Waals surface area contributed by atoms with Gasteiger partial charge in [-0.1, -0.05) is 11.6 Å². The first-order valence-electron chi connectivity index (χ1n) is 3.34. The number of fused-ring (bicyclic) bond motifs is 1. The molecule has 2 N–H and O–H groups in total. The molecule has 0 saturated heterocycles. The van der Waals surface area contributed by atoms with Crippen molar-refractivity contribution in [2.24, 2.45) is 0 Å². The topological polar surface area (TPSA) is 26.0 Å². The maximum atomic E-state index is 5.85. The summed E-state index contributed by atoms with van der Waals surface area (Å²) in [6.45, 7) is 0. The minimum atomic E-state index is 0.609. The van der Waals surface area contributed by atoms with Crippen molar-refractivity contribution in [1.82, 2.24) is 0 Å². The van der Waals surface area contributed by atoms with Gasteiger partial charge in [0, 0.05) is 4.70 Å². The Morgan fingerprint density at radius 2 is 2.08 bits per heavy atom. The number of nitrogen functional groups attached to an aromatic ring is 1. The zero-order valence-corrected chi connectivity index (χ0v) is 8.51. The van der Waals surface area contributed by atoms with Crippen molar-refractivity contribution in [3.05, 3.63) is 23.2 Å². The Hall–Kier alpha value is -0.380. The third-order valence-electron chi connectivity index (χ3n) is 1.62. The van der Waals surface area contributed by atoms with Crippen LogP contribution in [0.25, 0.3) is 10.1 Å². The molecule has 0 radical (unpaired) electrons. The highest BCUT2D eigenvalue weighted by Gasteiger charge is 2.02. The Morgan fingerprint density at radius 3 is 2.83 bits per heavy atom. The van der Waals surface area contributed by atoms with Gasteiger partial charge in [-0.25, -0.2) is 0 Å². The van der Waals surface area contributed by atoms with E-state index in [1.165, 1.54) is 0 Å². The van der Waals surface area contributed by atoms with Gasteiger partial charge in [0.2, 0.25) is 0 Å². The number of rotatable bonds is 0. The molecule has 0 atom stereocenters. The third-order valence-corrected chi connectivity index (χ3v) is 3.25. The summed E-state index contributed by atoms with van der Waals surface area (Å²) in [5.74, 6) is 0. The maximum Gasteiger partial charge on any atom is 0.0649 e. The van der Waals surface area contributed by atoms with E-state index in [9.17, 15) is 0 Å². The van der Waals surface area contributed by atoms with E-state index in [0.717, 1.165) is 14.3 Å². The summed E-state index contributed by atoms with van der Waals surface area (Å²) in [5.41, 5.74) is 6.26. The fraction of sp³-hybridized carbons (Fsp3) is 0. The molecule has 0 aliphatic carbocycles. The second-order valence-corrected chi connectivity index (χ2v) is 4.77. The number of nitrogens with two attached hydrogens (primary N) is 1. The van der Waals surface area contributed by atoms with Gasteiger partial charge in [0.25, 0.3) is 0 Å². The number of thiol groups is 1. The minimum Gasteiger partial charge on any atom is -0.398 e. The summed E-state index contributed by atoms with van der Waals surface area (Å²) in [6, 6.07) is 5.72. The second-order valence-electron chi connectivity index (χ2n) is 2.50. The molecular formula is C8H6ClNS2. The Kier molecular flexibility index (Phi) is 1.94. The molecule has 0 saturated carbocycles. The lowest BCUT2D eigenvalue weighted by Crippen LogP contribution is -1.83. The first-order valence-corrected chi connectivity index (χ1v) is 4.98. The van der Waals surface area contributed by atoms with Gasteiger partial charge in [0.1, 0.15) is 0 Å². The van der Waals surface area contributed by atoms with Gasteiger partial charge in [-0.3, -0.25) is 0 Å². The van der Waals surface area contributed by atoms with Gasteiger partial charge >= 0.3 is 0 Å². The summed E-state index contributed by atoms with van der Waals surface area (Å²) in [7, 11) is 0. The van der Waals surface area contributed by atoms with Crippen molar-refractivity contribution in [2.75, 3.05) is 5.73 Å². The van der Waals surface area contributed by atoms with E-state index >= 15 is 0 Å². The molecule has 1 aromatic heterocycles. The molecule has 0 unspecified atom stereocenters. The molecule has 2 aromatic rings. The van der Waals surface area contributed by atoms with Crippen LogP contribution in [0.15, 0.2) is 22.4 Å². The van der Waals surface area contributed by atoms with Crippen LogP contribution >= 0.6 is 35.6 Å². The van der Waals surface area contributed by atoms with Gasteiger partial charge in [0.05, 0.1) is 14.9 Å². The summed E-state index contributed by atoms with van der Waals surface area (Å²) >= 11 is 11.7. The highest BCUT2D eigenvalue weighted by molar-refractivity contribution is 7.83. The number of hydrogen-bond acceptors (Lipinski definition) is 3. The van der Waals surface area contributed by atoms with Crippen LogP contribution in [0.2, 0.25) is 5.02 Å². The largest absolute Gasteiger partial charge is 0.398 e. The minimum absolute atomic E-state index is 0.609. The van der Waals surface area contributed by atoms with E-state index in [-0.39, 0.29) is 0 Å². The molecule has 0 bridgehead atoms. The first kappa shape index (κ1) is 8.23. The summed E-state index contributed by atoms with van der Waals surface area (Å²) in [4.78, 5) is 0. The van der Waals surface area contributed by atoms with Crippen molar-refractivity contribution in [1.29, 1.82) is 0 Å². The molecule has 0 fully saturated rings. The second kappa shape index (κ2) is 2.83. The van der Waals surface area contributed by atoms with E-state index in [0.29, 0.717) is 10.7 Å². The molecule has 0 aliphatic rings. The Balaban J connectivity index is 2.83. The Morgan fingerprint density at radius 1 is 1.33 bits per heavy atom. The van der Waals surface area contributed by atoms with Crippen LogP contribution in [0.5, 0.6) is 0 Å². The van der Waals surface area contributed by atoms with Crippen LogP contribution in [0.1, 0.15) is 0 Å². The lowest BCUT2D eigenvalue weighted by Gasteiger charge is -1.95. The SMILES string of the molecule is Nc1cc2cc(S)sc2cc1Cl. The zero-order valence-electron chi connectivity index (χ0n) is 6.04. The molecule has 0 aliphatic heterocycles. The zero-order chi connectivity index (χ0) is 8.72. The molecule has 0 amide bonds. The van der Waals surface area contributed by atoms with Gasteiger partial charge < -0.3 is 5.73 Å².